The number of nitrogens with two attached hydrogens (primary N) is 1. The molecule has 5 heterocycles. The zero-order chi connectivity index (χ0) is 25.7. The SMILES string of the molecule is CCc1cc(NC(=O)C(=O)N2C[C@@H](C)CC[C@@H]2c2ccc3sc(C45CCN(CC4)C5)nc3c2)cnc1N. The normalized spacial score (nSPS) is 27.1. The lowest BCUT2D eigenvalue weighted by molar-refractivity contribution is -0.146. The molecular formula is C28H34N6O2S. The highest BCUT2D eigenvalue weighted by Gasteiger charge is 2.47. The zero-order valence-corrected chi connectivity index (χ0v) is 22.3. The van der Waals surface area contributed by atoms with Gasteiger partial charge in [0.15, 0.2) is 0 Å². The molecule has 9 heteroatoms. The van der Waals surface area contributed by atoms with E-state index in [1.807, 2.05) is 18.3 Å². The number of nitrogens with zero attached hydrogens (tertiary/aromatic N) is 4. The highest BCUT2D eigenvalue weighted by Crippen LogP contribution is 2.46. The molecule has 0 unspecified atom stereocenters. The Morgan fingerprint density at radius 3 is 2.76 bits per heavy atom. The highest BCUT2D eigenvalue weighted by atomic mass is 32.1. The van der Waals surface area contributed by atoms with Crippen LogP contribution in [0.1, 0.15) is 61.7 Å². The minimum absolute atomic E-state index is 0.147. The third-order valence-electron chi connectivity index (χ3n) is 8.50. The van der Waals surface area contributed by atoms with E-state index in [9.17, 15) is 9.59 Å². The van der Waals surface area contributed by atoms with Crippen molar-refractivity contribution in [3.63, 3.8) is 0 Å². The van der Waals surface area contributed by atoms with E-state index in [0.29, 0.717) is 30.4 Å². The van der Waals surface area contributed by atoms with E-state index in [1.54, 1.807) is 11.0 Å². The van der Waals surface area contributed by atoms with Crippen molar-refractivity contribution in [2.45, 2.75) is 57.4 Å². The molecule has 0 aliphatic carbocycles. The Balaban J connectivity index is 1.25. The van der Waals surface area contributed by atoms with E-state index in [2.05, 4.69) is 40.3 Å². The summed E-state index contributed by atoms with van der Waals surface area (Å²) >= 11 is 1.82. The number of pyridine rings is 1. The van der Waals surface area contributed by atoms with Gasteiger partial charge in [-0.3, -0.25) is 9.59 Å². The van der Waals surface area contributed by atoms with Gasteiger partial charge in [-0.05, 0) is 80.4 Å². The van der Waals surface area contributed by atoms with Crippen molar-refractivity contribution in [1.82, 2.24) is 19.8 Å². The predicted octanol–water partition coefficient (Wildman–Crippen LogP) is 4.12. The zero-order valence-electron chi connectivity index (χ0n) is 21.5. The number of amides is 2. The second kappa shape index (κ2) is 9.36. The lowest BCUT2D eigenvalue weighted by Gasteiger charge is -2.38. The topological polar surface area (TPSA) is 104 Å². The summed E-state index contributed by atoms with van der Waals surface area (Å²) in [6.45, 7) is 8.13. The van der Waals surface area contributed by atoms with Crippen LogP contribution >= 0.6 is 11.3 Å². The minimum atomic E-state index is -0.643. The van der Waals surface area contributed by atoms with Gasteiger partial charge >= 0.3 is 11.8 Å². The second-order valence-corrected chi connectivity index (χ2v) is 12.1. The van der Waals surface area contributed by atoms with Crippen LogP contribution in [0.25, 0.3) is 10.2 Å². The fourth-order valence-electron chi connectivity index (χ4n) is 6.30. The first-order valence-corrected chi connectivity index (χ1v) is 14.2. The summed E-state index contributed by atoms with van der Waals surface area (Å²) in [5.41, 5.74) is 9.50. The molecule has 0 spiro atoms. The number of piperidine rings is 2. The number of carbonyl (C=O) groups excluding carboxylic acids is 2. The highest BCUT2D eigenvalue weighted by molar-refractivity contribution is 7.18. The van der Waals surface area contributed by atoms with Gasteiger partial charge in [0.25, 0.3) is 0 Å². The van der Waals surface area contributed by atoms with Gasteiger partial charge in [0.05, 0.1) is 28.1 Å². The van der Waals surface area contributed by atoms with Crippen molar-refractivity contribution in [3.05, 3.63) is 46.6 Å². The monoisotopic (exact) mass is 518 g/mol. The molecule has 3 aliphatic heterocycles. The van der Waals surface area contributed by atoms with Crippen molar-refractivity contribution in [1.29, 1.82) is 0 Å². The molecule has 0 saturated carbocycles. The molecule has 8 nitrogen and oxygen atoms in total. The number of fused-ring (bicyclic) bond motifs is 3. The maximum Gasteiger partial charge on any atom is 0.313 e. The summed E-state index contributed by atoms with van der Waals surface area (Å²) < 4.78 is 1.20. The first kappa shape index (κ1) is 24.3. The van der Waals surface area contributed by atoms with Crippen molar-refractivity contribution in [2.24, 2.45) is 5.92 Å². The first-order valence-electron chi connectivity index (χ1n) is 13.3. The van der Waals surface area contributed by atoms with Gasteiger partial charge in [-0.25, -0.2) is 9.97 Å². The summed E-state index contributed by atoms with van der Waals surface area (Å²) in [5.74, 6) is -0.383. The smallest absolute Gasteiger partial charge is 0.313 e. The third-order valence-corrected chi connectivity index (χ3v) is 9.79. The molecule has 37 heavy (non-hydrogen) atoms. The van der Waals surface area contributed by atoms with Crippen LogP contribution < -0.4 is 11.1 Å². The Bertz CT molecular complexity index is 1360. The number of aryl methyl sites for hydroxylation is 1. The van der Waals surface area contributed by atoms with Crippen molar-refractivity contribution < 1.29 is 9.59 Å². The standard InChI is InChI=1S/C28H34N6O2S/c1-3-18-12-20(14-30-24(18)29)31-25(35)26(36)34-15-17(2)4-6-22(34)19-5-7-23-21(13-19)32-27(37-23)28-8-10-33(16-28)11-9-28/h5,7,12-14,17,22H,3-4,6,8-11,15-16H2,1-2H3,(H2,29,30)(H,31,35)/t17-,22+/m0/s1. The van der Waals surface area contributed by atoms with Crippen LogP contribution in [0.2, 0.25) is 0 Å². The van der Waals surface area contributed by atoms with Crippen LogP contribution in [-0.4, -0.2) is 57.8 Å². The van der Waals surface area contributed by atoms with Gasteiger partial charge in [0.2, 0.25) is 0 Å². The van der Waals surface area contributed by atoms with Gasteiger partial charge in [-0.2, -0.15) is 0 Å². The fraction of sp³-hybridized carbons (Fsp3) is 0.500. The third kappa shape index (κ3) is 4.38. The van der Waals surface area contributed by atoms with Crippen molar-refractivity contribution >= 4 is 44.9 Å². The number of benzene rings is 1. The number of rotatable bonds is 4. The Morgan fingerprint density at radius 1 is 1.22 bits per heavy atom. The number of anilines is 2. The summed E-state index contributed by atoms with van der Waals surface area (Å²) in [5, 5.41) is 4.00. The van der Waals surface area contributed by atoms with Gasteiger partial charge in [0, 0.05) is 18.5 Å². The number of carbonyl (C=O) groups is 2. The second-order valence-electron chi connectivity index (χ2n) is 11.0. The quantitative estimate of drug-likeness (QED) is 0.504. The summed E-state index contributed by atoms with van der Waals surface area (Å²) in [4.78, 5) is 40.0. The number of nitrogens with one attached hydrogen (secondary N) is 1. The molecule has 2 amide bonds. The molecule has 2 aromatic heterocycles. The van der Waals surface area contributed by atoms with E-state index in [-0.39, 0.29) is 11.5 Å². The molecule has 3 aromatic rings. The molecule has 1 aromatic carbocycles. The molecule has 3 N–H and O–H groups in total. The lowest BCUT2D eigenvalue weighted by atomic mass is 9.85. The average molecular weight is 519 g/mol. The maximum atomic E-state index is 13.4. The van der Waals surface area contributed by atoms with Crippen LogP contribution in [0, 0.1) is 5.92 Å². The molecule has 3 saturated heterocycles. The Hall–Kier alpha value is -3.04. The van der Waals surface area contributed by atoms with E-state index >= 15 is 0 Å². The molecule has 2 atom stereocenters. The van der Waals surface area contributed by atoms with Crippen LogP contribution in [0.5, 0.6) is 0 Å². The Labute approximate surface area is 221 Å². The van der Waals surface area contributed by atoms with Gasteiger partial charge < -0.3 is 20.9 Å². The molecule has 3 aliphatic rings. The number of hydrogen-bond acceptors (Lipinski definition) is 7. The van der Waals surface area contributed by atoms with E-state index < -0.39 is 11.8 Å². The van der Waals surface area contributed by atoms with E-state index in [4.69, 9.17) is 10.7 Å². The van der Waals surface area contributed by atoms with Gasteiger partial charge in [0.1, 0.15) is 10.8 Å². The molecule has 194 valence electrons. The molecule has 6 rings (SSSR count). The summed E-state index contributed by atoms with van der Waals surface area (Å²) in [6, 6.07) is 8.05. The van der Waals surface area contributed by atoms with Crippen LogP contribution in [-0.2, 0) is 21.4 Å². The summed E-state index contributed by atoms with van der Waals surface area (Å²) in [7, 11) is 0. The number of hydrogen-bond donors (Lipinski definition) is 2. The molecule has 0 radical (unpaired) electrons. The fourth-order valence-corrected chi connectivity index (χ4v) is 7.48. The van der Waals surface area contributed by atoms with Crippen LogP contribution in [0.3, 0.4) is 0 Å². The van der Waals surface area contributed by atoms with Crippen molar-refractivity contribution in [2.75, 3.05) is 37.2 Å². The largest absolute Gasteiger partial charge is 0.383 e. The molecular weight excluding hydrogens is 484 g/mol. The Kier molecular flexibility index (Phi) is 6.15. The Morgan fingerprint density at radius 2 is 2.03 bits per heavy atom. The predicted molar refractivity (Wildman–Crippen MR) is 146 cm³/mol. The summed E-state index contributed by atoms with van der Waals surface area (Å²) in [6.07, 6.45) is 6.42. The first-order chi connectivity index (χ1) is 17.8. The number of thiazole rings is 1. The number of nitrogen functional groups attached to an aromatic ring is 1. The maximum absolute atomic E-state index is 13.4. The van der Waals surface area contributed by atoms with Crippen molar-refractivity contribution in [3.8, 4) is 0 Å². The average Bonchev–Trinajstić information content (AvgIpc) is 3.64. The number of aromatic nitrogens is 2. The molecule has 2 bridgehead atoms. The van der Waals surface area contributed by atoms with Crippen LogP contribution in [0.15, 0.2) is 30.5 Å². The molecule has 3 fully saturated rings. The minimum Gasteiger partial charge on any atom is -0.383 e. The lowest BCUT2D eigenvalue weighted by Crippen LogP contribution is -2.46. The number of likely N-dealkylation sites (tertiary alicyclic amines) is 1. The van der Waals surface area contributed by atoms with Gasteiger partial charge in [-0.1, -0.05) is 19.9 Å². The van der Waals surface area contributed by atoms with E-state index in [0.717, 1.165) is 36.0 Å². The van der Waals surface area contributed by atoms with Crippen LogP contribution in [0.4, 0.5) is 11.5 Å². The van der Waals surface area contributed by atoms with Gasteiger partial charge in [-0.15, -0.1) is 11.3 Å². The van der Waals surface area contributed by atoms with E-state index in [1.165, 1.54) is 41.8 Å².